The lowest BCUT2D eigenvalue weighted by Crippen LogP contribution is -2.55. The van der Waals surface area contributed by atoms with E-state index in [-0.39, 0.29) is 31.8 Å². The van der Waals surface area contributed by atoms with Crippen molar-refractivity contribution in [1.82, 2.24) is 10.6 Å². The van der Waals surface area contributed by atoms with Crippen molar-refractivity contribution >= 4 is 5.91 Å². The van der Waals surface area contributed by atoms with Gasteiger partial charge in [0.05, 0.1) is 24.9 Å². The molecule has 0 aromatic carbocycles. The first kappa shape index (κ1) is 15.4. The van der Waals surface area contributed by atoms with Gasteiger partial charge in [-0.2, -0.15) is 0 Å². The van der Waals surface area contributed by atoms with Crippen LogP contribution in [0, 0.1) is 0 Å². The summed E-state index contributed by atoms with van der Waals surface area (Å²) in [6.07, 6.45) is 2.41. The standard InChI is InChI=1S/C12H24N2O4/c1-2-12(8-15,9-16)14-11(17)7-18-10-3-5-13-6-4-10/h10,13,15-16H,2-9H2,1H3,(H,14,17). The third-order valence-electron chi connectivity index (χ3n) is 3.42. The summed E-state index contributed by atoms with van der Waals surface area (Å²) in [5.74, 6) is -0.293. The molecule has 0 radical (unpaired) electrons. The predicted molar refractivity (Wildman–Crippen MR) is 67.2 cm³/mol. The Morgan fingerprint density at radius 2 is 2.00 bits per heavy atom. The van der Waals surface area contributed by atoms with Gasteiger partial charge in [0.1, 0.15) is 6.61 Å². The van der Waals surface area contributed by atoms with Gasteiger partial charge in [0.2, 0.25) is 5.91 Å². The maximum absolute atomic E-state index is 11.7. The molecule has 6 nitrogen and oxygen atoms in total. The number of rotatable bonds is 7. The average Bonchev–Trinajstić information content (AvgIpc) is 2.44. The van der Waals surface area contributed by atoms with Crippen LogP contribution in [0.4, 0.5) is 0 Å². The maximum atomic E-state index is 11.7. The molecule has 1 saturated heterocycles. The molecule has 0 aromatic rings. The van der Waals surface area contributed by atoms with Crippen LogP contribution in [0.15, 0.2) is 0 Å². The van der Waals surface area contributed by atoms with Crippen LogP contribution >= 0.6 is 0 Å². The maximum Gasteiger partial charge on any atom is 0.246 e. The highest BCUT2D eigenvalue weighted by Crippen LogP contribution is 2.09. The molecule has 0 saturated carbocycles. The Morgan fingerprint density at radius 3 is 2.50 bits per heavy atom. The molecular weight excluding hydrogens is 236 g/mol. The quantitative estimate of drug-likeness (QED) is 0.471. The topological polar surface area (TPSA) is 90.8 Å². The summed E-state index contributed by atoms with van der Waals surface area (Å²) < 4.78 is 5.51. The second-order valence-corrected chi connectivity index (χ2v) is 4.76. The molecule has 6 heteroatoms. The van der Waals surface area contributed by atoms with Gasteiger partial charge < -0.3 is 25.6 Å². The molecule has 1 aliphatic heterocycles. The highest BCUT2D eigenvalue weighted by atomic mass is 16.5. The molecule has 1 rings (SSSR count). The van der Waals surface area contributed by atoms with E-state index in [1.807, 2.05) is 0 Å². The van der Waals surface area contributed by atoms with E-state index in [1.54, 1.807) is 6.92 Å². The minimum Gasteiger partial charge on any atom is -0.394 e. The second kappa shape index (κ2) is 7.68. The van der Waals surface area contributed by atoms with E-state index in [2.05, 4.69) is 10.6 Å². The second-order valence-electron chi connectivity index (χ2n) is 4.76. The zero-order valence-corrected chi connectivity index (χ0v) is 10.9. The van der Waals surface area contributed by atoms with Crippen molar-refractivity contribution in [3.63, 3.8) is 0 Å². The zero-order valence-electron chi connectivity index (χ0n) is 10.9. The molecule has 0 aliphatic carbocycles. The fraction of sp³-hybridized carbons (Fsp3) is 0.917. The lowest BCUT2D eigenvalue weighted by atomic mass is 9.98. The van der Waals surface area contributed by atoms with Gasteiger partial charge in [-0.3, -0.25) is 4.79 Å². The molecule has 0 aromatic heterocycles. The molecule has 1 amide bonds. The predicted octanol–water partition coefficient (Wildman–Crippen LogP) is -0.995. The van der Waals surface area contributed by atoms with Crippen LogP contribution in [-0.2, 0) is 9.53 Å². The monoisotopic (exact) mass is 260 g/mol. The van der Waals surface area contributed by atoms with Crippen molar-refractivity contribution in [3.05, 3.63) is 0 Å². The average molecular weight is 260 g/mol. The highest BCUT2D eigenvalue weighted by Gasteiger charge is 2.28. The molecule has 1 heterocycles. The number of aliphatic hydroxyl groups is 2. The van der Waals surface area contributed by atoms with Gasteiger partial charge in [0.25, 0.3) is 0 Å². The Balaban J connectivity index is 2.31. The van der Waals surface area contributed by atoms with Crippen LogP contribution in [0.5, 0.6) is 0 Å². The van der Waals surface area contributed by atoms with E-state index in [9.17, 15) is 15.0 Å². The van der Waals surface area contributed by atoms with Crippen LogP contribution in [-0.4, -0.2) is 60.7 Å². The smallest absolute Gasteiger partial charge is 0.246 e. The number of carbonyl (C=O) groups excluding carboxylic acids is 1. The summed E-state index contributed by atoms with van der Waals surface area (Å²) in [5.41, 5.74) is -0.936. The fourth-order valence-corrected chi connectivity index (χ4v) is 1.93. The highest BCUT2D eigenvalue weighted by molar-refractivity contribution is 5.78. The zero-order chi connectivity index (χ0) is 13.4. The summed E-state index contributed by atoms with van der Waals surface area (Å²) in [7, 11) is 0. The Bertz CT molecular complexity index is 242. The van der Waals surface area contributed by atoms with Crippen LogP contribution in [0.3, 0.4) is 0 Å². The summed E-state index contributed by atoms with van der Waals surface area (Å²) in [6.45, 7) is 3.06. The number of aliphatic hydroxyl groups excluding tert-OH is 2. The molecule has 0 bridgehead atoms. The van der Waals surface area contributed by atoms with Crippen molar-refractivity contribution in [2.45, 2.75) is 37.8 Å². The molecular formula is C12H24N2O4. The Hall–Kier alpha value is -0.690. The summed E-state index contributed by atoms with van der Waals surface area (Å²) in [4.78, 5) is 11.7. The fourth-order valence-electron chi connectivity index (χ4n) is 1.93. The van der Waals surface area contributed by atoms with Gasteiger partial charge >= 0.3 is 0 Å². The van der Waals surface area contributed by atoms with Crippen LogP contribution in [0.1, 0.15) is 26.2 Å². The molecule has 18 heavy (non-hydrogen) atoms. The van der Waals surface area contributed by atoms with Crippen LogP contribution < -0.4 is 10.6 Å². The van der Waals surface area contributed by atoms with E-state index < -0.39 is 5.54 Å². The minimum atomic E-state index is -0.936. The number of piperidine rings is 1. The van der Waals surface area contributed by atoms with E-state index in [0.29, 0.717) is 6.42 Å². The van der Waals surface area contributed by atoms with Crippen molar-refractivity contribution < 1.29 is 19.7 Å². The summed E-state index contributed by atoms with van der Waals surface area (Å²) in [6, 6.07) is 0. The third-order valence-corrected chi connectivity index (χ3v) is 3.42. The van der Waals surface area contributed by atoms with E-state index >= 15 is 0 Å². The number of nitrogens with one attached hydrogen (secondary N) is 2. The van der Waals surface area contributed by atoms with Crippen molar-refractivity contribution in [2.24, 2.45) is 0 Å². The molecule has 106 valence electrons. The van der Waals surface area contributed by atoms with Gasteiger partial charge in [-0.15, -0.1) is 0 Å². The lowest BCUT2D eigenvalue weighted by molar-refractivity contribution is -0.131. The van der Waals surface area contributed by atoms with Crippen molar-refractivity contribution in [3.8, 4) is 0 Å². The van der Waals surface area contributed by atoms with Crippen molar-refractivity contribution in [2.75, 3.05) is 32.9 Å². The molecule has 0 unspecified atom stereocenters. The number of amides is 1. The van der Waals surface area contributed by atoms with E-state index in [0.717, 1.165) is 25.9 Å². The SMILES string of the molecule is CCC(CO)(CO)NC(=O)COC1CCNCC1. The number of ether oxygens (including phenoxy) is 1. The molecule has 1 aliphatic rings. The molecule has 0 atom stereocenters. The van der Waals surface area contributed by atoms with Gasteiger partial charge in [-0.25, -0.2) is 0 Å². The first-order valence-electron chi connectivity index (χ1n) is 6.51. The Kier molecular flexibility index (Phi) is 6.56. The lowest BCUT2D eigenvalue weighted by Gasteiger charge is -2.30. The van der Waals surface area contributed by atoms with Crippen LogP contribution in [0.25, 0.3) is 0 Å². The van der Waals surface area contributed by atoms with Gasteiger partial charge in [-0.05, 0) is 32.4 Å². The first-order valence-corrected chi connectivity index (χ1v) is 6.51. The number of carbonyl (C=O) groups is 1. The summed E-state index contributed by atoms with van der Waals surface area (Å²) >= 11 is 0. The van der Waals surface area contributed by atoms with Gasteiger partial charge in [0.15, 0.2) is 0 Å². The number of hydrogen-bond donors (Lipinski definition) is 4. The molecule has 0 spiro atoms. The summed E-state index contributed by atoms with van der Waals surface area (Å²) in [5, 5.41) is 24.3. The van der Waals surface area contributed by atoms with E-state index in [4.69, 9.17) is 4.74 Å². The molecule has 4 N–H and O–H groups in total. The number of hydrogen-bond acceptors (Lipinski definition) is 5. The third kappa shape index (κ3) is 4.53. The minimum absolute atomic E-state index is 0.0214. The van der Waals surface area contributed by atoms with E-state index in [1.165, 1.54) is 0 Å². The van der Waals surface area contributed by atoms with Gasteiger partial charge in [0, 0.05) is 0 Å². The van der Waals surface area contributed by atoms with Crippen molar-refractivity contribution in [1.29, 1.82) is 0 Å². The normalized spacial score (nSPS) is 17.7. The Labute approximate surface area is 108 Å². The molecule has 1 fully saturated rings. The van der Waals surface area contributed by atoms with Gasteiger partial charge in [-0.1, -0.05) is 6.92 Å². The Morgan fingerprint density at radius 1 is 1.39 bits per heavy atom. The van der Waals surface area contributed by atoms with Crippen LogP contribution in [0.2, 0.25) is 0 Å². The first-order chi connectivity index (χ1) is 8.65. The largest absolute Gasteiger partial charge is 0.394 e.